The first kappa shape index (κ1) is 17.9. The van der Waals surface area contributed by atoms with Crippen molar-refractivity contribution in [2.75, 3.05) is 14.1 Å². The number of nitrogens with one attached hydrogen (secondary N) is 1. The van der Waals surface area contributed by atoms with Crippen molar-refractivity contribution in [2.45, 2.75) is 11.4 Å². The van der Waals surface area contributed by atoms with Crippen LogP contribution in [0.1, 0.15) is 11.1 Å². The van der Waals surface area contributed by atoms with Gasteiger partial charge >= 0.3 is 0 Å². The summed E-state index contributed by atoms with van der Waals surface area (Å²) in [7, 11) is 0.194. The second kappa shape index (κ2) is 7.43. The van der Waals surface area contributed by atoms with Gasteiger partial charge in [-0.15, -0.1) is 0 Å². The van der Waals surface area contributed by atoms with Crippen molar-refractivity contribution in [3.05, 3.63) is 59.9 Å². The zero-order valence-corrected chi connectivity index (χ0v) is 14.2. The molecule has 0 atom stereocenters. The quantitative estimate of drug-likeness (QED) is 0.466. The molecule has 2 N–H and O–H groups in total. The summed E-state index contributed by atoms with van der Waals surface area (Å²) in [6.07, 6.45) is 5.30. The summed E-state index contributed by atoms with van der Waals surface area (Å²) in [5, 5.41) is 8.42. The molecule has 7 nitrogen and oxygen atoms in total. The summed E-state index contributed by atoms with van der Waals surface area (Å²) in [6.45, 7) is 0.728. The maximum Gasteiger partial charge on any atom is 0.267 e. The fourth-order valence-electron chi connectivity index (χ4n) is 2.10. The van der Waals surface area contributed by atoms with Crippen molar-refractivity contribution in [3.8, 4) is 0 Å². The Kier molecular flexibility index (Phi) is 5.55. The van der Waals surface area contributed by atoms with Crippen LogP contribution in [0, 0.1) is 0 Å². The van der Waals surface area contributed by atoms with E-state index in [0.29, 0.717) is 5.56 Å². The van der Waals surface area contributed by atoms with Crippen LogP contribution in [0.5, 0.6) is 0 Å². The monoisotopic (exact) mass is 349 g/mol. The van der Waals surface area contributed by atoms with Crippen LogP contribution in [0.15, 0.2) is 53.7 Å². The van der Waals surface area contributed by atoms with Gasteiger partial charge in [0.2, 0.25) is 0 Å². The molecule has 1 amide bonds. The number of carbonyl (C=O) groups is 1. The van der Waals surface area contributed by atoms with E-state index in [9.17, 15) is 13.2 Å². The van der Waals surface area contributed by atoms with Crippen molar-refractivity contribution in [1.82, 2.24) is 14.4 Å². The average Bonchev–Trinajstić information content (AvgIpc) is 3.02. The Hall–Kier alpha value is -2.42. The summed E-state index contributed by atoms with van der Waals surface area (Å²) in [4.78, 5) is 13.1. The first-order chi connectivity index (χ1) is 11.3. The third-order valence-electron chi connectivity index (χ3n) is 3.23. The van der Waals surface area contributed by atoms with Gasteiger partial charge in [0, 0.05) is 25.0 Å². The molecule has 0 saturated carbocycles. The van der Waals surface area contributed by atoms with Gasteiger partial charge in [-0.2, -0.15) is 0 Å². The summed E-state index contributed by atoms with van der Waals surface area (Å²) in [5.74, 6) is -0.693. The lowest BCUT2D eigenvalue weighted by Gasteiger charge is -2.10. The minimum Gasteiger partial charge on any atom is -0.305 e. The Labute approximate surface area is 140 Å². The smallest absolute Gasteiger partial charge is 0.267 e. The van der Waals surface area contributed by atoms with Crippen molar-refractivity contribution in [2.24, 2.45) is 0 Å². The predicted molar refractivity (Wildman–Crippen MR) is 89.8 cm³/mol. The Morgan fingerprint density at radius 1 is 1.25 bits per heavy atom. The van der Waals surface area contributed by atoms with Crippen LogP contribution in [-0.4, -0.2) is 42.5 Å². The second-order valence-electron chi connectivity index (χ2n) is 5.47. The molecule has 8 heteroatoms. The normalized spacial score (nSPS) is 12.0. The Bertz CT molecular complexity index is 836. The molecule has 1 heterocycles. The number of hydroxylamine groups is 1. The molecule has 1 aromatic heterocycles. The number of carbonyl (C=O) groups excluding carboxylic acids is 1. The van der Waals surface area contributed by atoms with E-state index in [4.69, 9.17) is 5.21 Å². The third kappa shape index (κ3) is 4.31. The zero-order chi connectivity index (χ0) is 17.7. The molecule has 0 unspecified atom stereocenters. The molecule has 1 aromatic carbocycles. The van der Waals surface area contributed by atoms with Crippen molar-refractivity contribution >= 4 is 22.0 Å². The fourth-order valence-corrected chi connectivity index (χ4v) is 3.31. The van der Waals surface area contributed by atoms with E-state index < -0.39 is 15.9 Å². The van der Waals surface area contributed by atoms with Gasteiger partial charge in [-0.25, -0.2) is 17.9 Å². The molecule has 0 aliphatic rings. The Balaban J connectivity index is 2.23. The van der Waals surface area contributed by atoms with Gasteiger partial charge < -0.3 is 4.90 Å². The van der Waals surface area contributed by atoms with E-state index in [1.165, 1.54) is 23.9 Å². The highest BCUT2D eigenvalue weighted by atomic mass is 32.2. The lowest BCUT2D eigenvalue weighted by molar-refractivity contribution is -0.124. The summed E-state index contributed by atoms with van der Waals surface area (Å²) in [6, 6.07) is 8.26. The lowest BCUT2D eigenvalue weighted by Crippen LogP contribution is -2.14. The van der Waals surface area contributed by atoms with E-state index in [2.05, 4.69) is 0 Å². The van der Waals surface area contributed by atoms with Crippen LogP contribution in [0.4, 0.5) is 0 Å². The van der Waals surface area contributed by atoms with Crippen molar-refractivity contribution in [1.29, 1.82) is 0 Å². The highest BCUT2D eigenvalue weighted by molar-refractivity contribution is 7.90. The number of amides is 1. The third-order valence-corrected chi connectivity index (χ3v) is 4.88. The lowest BCUT2D eigenvalue weighted by atomic mass is 10.2. The van der Waals surface area contributed by atoms with E-state index in [1.807, 2.05) is 19.0 Å². The molecular weight excluding hydrogens is 330 g/mol. The van der Waals surface area contributed by atoms with Gasteiger partial charge in [0.1, 0.15) is 0 Å². The largest absolute Gasteiger partial charge is 0.305 e. The van der Waals surface area contributed by atoms with Gasteiger partial charge in [-0.05, 0) is 49.5 Å². The highest BCUT2D eigenvalue weighted by Crippen LogP contribution is 2.17. The number of hydrogen-bond acceptors (Lipinski definition) is 5. The molecule has 0 aliphatic carbocycles. The number of benzene rings is 1. The summed E-state index contributed by atoms with van der Waals surface area (Å²) < 4.78 is 26.3. The van der Waals surface area contributed by atoms with Gasteiger partial charge in [0.05, 0.1) is 4.90 Å². The minimum atomic E-state index is -3.69. The van der Waals surface area contributed by atoms with Crippen LogP contribution in [0.25, 0.3) is 6.08 Å². The Morgan fingerprint density at radius 2 is 1.92 bits per heavy atom. The molecule has 24 heavy (non-hydrogen) atoms. The highest BCUT2D eigenvalue weighted by Gasteiger charge is 2.16. The van der Waals surface area contributed by atoms with E-state index in [1.54, 1.807) is 30.3 Å². The number of nitrogens with zero attached hydrogens (tertiary/aromatic N) is 2. The molecule has 0 spiro atoms. The summed E-state index contributed by atoms with van der Waals surface area (Å²) >= 11 is 0. The molecule has 2 rings (SSSR count). The molecule has 0 radical (unpaired) electrons. The van der Waals surface area contributed by atoms with Crippen LogP contribution in [0.3, 0.4) is 0 Å². The Morgan fingerprint density at radius 3 is 2.50 bits per heavy atom. The van der Waals surface area contributed by atoms with Crippen LogP contribution in [0.2, 0.25) is 0 Å². The van der Waals surface area contributed by atoms with Crippen molar-refractivity contribution < 1.29 is 18.4 Å². The summed E-state index contributed by atoms with van der Waals surface area (Å²) in [5.41, 5.74) is 3.00. The molecule has 128 valence electrons. The van der Waals surface area contributed by atoms with Crippen LogP contribution < -0.4 is 5.48 Å². The van der Waals surface area contributed by atoms with E-state index in [0.717, 1.165) is 22.2 Å². The number of rotatable bonds is 6. The maximum absolute atomic E-state index is 12.6. The van der Waals surface area contributed by atoms with Gasteiger partial charge in [-0.3, -0.25) is 10.0 Å². The maximum atomic E-state index is 12.6. The second-order valence-corrected chi connectivity index (χ2v) is 7.31. The first-order valence-corrected chi connectivity index (χ1v) is 8.56. The standard InChI is InChI=1S/C16H19N3O4S/c1-18(2)11-13-3-6-15(7-4-13)24(22,23)19-10-9-14(12-19)5-8-16(20)17-21/h3-10,12,21H,11H2,1-2H3,(H,17,20). The molecule has 2 aromatic rings. The zero-order valence-electron chi connectivity index (χ0n) is 13.4. The number of aromatic nitrogens is 1. The van der Waals surface area contributed by atoms with Gasteiger partial charge in [0.15, 0.2) is 0 Å². The number of hydrogen-bond donors (Lipinski definition) is 2. The average molecular weight is 349 g/mol. The van der Waals surface area contributed by atoms with Gasteiger partial charge in [-0.1, -0.05) is 12.1 Å². The molecule has 0 bridgehead atoms. The molecule has 0 fully saturated rings. The van der Waals surface area contributed by atoms with Crippen LogP contribution >= 0.6 is 0 Å². The first-order valence-electron chi connectivity index (χ1n) is 7.12. The van der Waals surface area contributed by atoms with Gasteiger partial charge in [0.25, 0.3) is 15.9 Å². The topological polar surface area (TPSA) is 91.6 Å². The molecular formula is C16H19N3O4S. The molecule has 0 aliphatic heterocycles. The van der Waals surface area contributed by atoms with Crippen LogP contribution in [-0.2, 0) is 21.4 Å². The minimum absolute atomic E-state index is 0.184. The van der Waals surface area contributed by atoms with E-state index in [-0.39, 0.29) is 4.90 Å². The van der Waals surface area contributed by atoms with Crippen molar-refractivity contribution in [3.63, 3.8) is 0 Å². The fraction of sp³-hybridized carbons (Fsp3) is 0.188. The SMILES string of the molecule is CN(C)Cc1ccc(S(=O)(=O)n2ccc(C=CC(=O)NO)c2)cc1. The van der Waals surface area contributed by atoms with E-state index >= 15 is 0 Å². The predicted octanol–water partition coefficient (Wildman–Crippen LogP) is 1.31. The molecule has 0 saturated heterocycles.